The van der Waals surface area contributed by atoms with Crippen molar-refractivity contribution in [2.24, 2.45) is 0 Å². The number of nitro groups is 2. The molecule has 2 fully saturated rings. The Morgan fingerprint density at radius 3 is 1.46 bits per heavy atom. The molecule has 4 heterocycles. The van der Waals surface area contributed by atoms with Gasteiger partial charge in [-0.15, -0.1) is 0 Å². The minimum absolute atomic E-state index is 0.0528. The summed E-state index contributed by atoms with van der Waals surface area (Å²) >= 11 is 0. The van der Waals surface area contributed by atoms with Crippen LogP contribution in [0.3, 0.4) is 0 Å². The van der Waals surface area contributed by atoms with E-state index in [4.69, 9.17) is 0 Å². The second-order valence-electron chi connectivity index (χ2n) is 11.0. The van der Waals surface area contributed by atoms with Gasteiger partial charge < -0.3 is 9.80 Å². The largest absolute Gasteiger partial charge is 0.303 e. The molecule has 0 radical (unpaired) electrons. The molecule has 212 valence electrons. The number of benzene rings is 2. The van der Waals surface area contributed by atoms with Crippen molar-refractivity contribution in [3.63, 3.8) is 0 Å². The Labute approximate surface area is 236 Å². The minimum atomic E-state index is -0.390. The average Bonchev–Trinajstić information content (AvgIpc) is 3.00. The van der Waals surface area contributed by atoms with Gasteiger partial charge in [-0.25, -0.2) is 19.9 Å². The lowest BCUT2D eigenvalue weighted by molar-refractivity contribution is -0.384. The molecule has 0 saturated carbocycles. The fourth-order valence-electron chi connectivity index (χ4n) is 6.39. The molecule has 2 saturated heterocycles. The number of non-ortho nitro benzene ring substituents is 2. The summed E-state index contributed by atoms with van der Waals surface area (Å²) in [6.45, 7) is 6.21. The van der Waals surface area contributed by atoms with E-state index in [-0.39, 0.29) is 21.2 Å². The van der Waals surface area contributed by atoms with E-state index in [1.54, 1.807) is 12.1 Å². The van der Waals surface area contributed by atoms with E-state index in [2.05, 4.69) is 29.7 Å². The van der Waals surface area contributed by atoms with Crippen LogP contribution in [-0.2, 0) is 0 Å². The monoisotopic (exact) mass is 556 g/mol. The second kappa shape index (κ2) is 11.8. The first-order valence-electron chi connectivity index (χ1n) is 14.2. The van der Waals surface area contributed by atoms with Crippen molar-refractivity contribution in [2.45, 2.75) is 43.9 Å². The Balaban J connectivity index is 0.971. The Hall–Kier alpha value is -4.16. The van der Waals surface area contributed by atoms with Gasteiger partial charge in [0.05, 0.1) is 32.3 Å². The summed E-state index contributed by atoms with van der Waals surface area (Å²) in [6, 6.07) is 9.72. The van der Waals surface area contributed by atoms with E-state index in [1.807, 2.05) is 0 Å². The molecule has 2 aliphatic rings. The molecular weight excluding hydrogens is 524 g/mol. The number of hydrogen-bond acceptors (Lipinski definition) is 10. The summed E-state index contributed by atoms with van der Waals surface area (Å²) in [5.74, 6) is 0.669. The maximum atomic E-state index is 11.1. The van der Waals surface area contributed by atoms with E-state index in [9.17, 15) is 20.2 Å². The number of nitro benzene ring substituents is 2. The first-order valence-corrected chi connectivity index (χ1v) is 14.2. The lowest BCUT2D eigenvalue weighted by atomic mass is 9.90. The molecule has 41 heavy (non-hydrogen) atoms. The minimum Gasteiger partial charge on any atom is -0.303 e. The van der Waals surface area contributed by atoms with Crippen LogP contribution in [0.15, 0.2) is 49.1 Å². The molecule has 2 aliphatic heterocycles. The first-order chi connectivity index (χ1) is 20.0. The number of aromatic nitrogens is 4. The van der Waals surface area contributed by atoms with E-state index in [1.165, 1.54) is 36.9 Å². The molecule has 6 rings (SSSR count). The normalized spacial score (nSPS) is 17.8. The van der Waals surface area contributed by atoms with Crippen molar-refractivity contribution in [2.75, 3.05) is 39.3 Å². The van der Waals surface area contributed by atoms with Crippen LogP contribution in [0.2, 0.25) is 0 Å². The highest BCUT2D eigenvalue weighted by atomic mass is 16.6. The van der Waals surface area contributed by atoms with Gasteiger partial charge in [0.15, 0.2) is 0 Å². The topological polar surface area (TPSA) is 144 Å². The van der Waals surface area contributed by atoms with Gasteiger partial charge >= 0.3 is 0 Å². The zero-order valence-corrected chi connectivity index (χ0v) is 22.8. The Morgan fingerprint density at radius 2 is 1.07 bits per heavy atom. The van der Waals surface area contributed by atoms with E-state index < -0.39 is 0 Å². The van der Waals surface area contributed by atoms with Crippen LogP contribution >= 0.6 is 0 Å². The quantitative estimate of drug-likeness (QED) is 0.218. The van der Waals surface area contributed by atoms with Gasteiger partial charge in [0.2, 0.25) is 0 Å². The third-order valence-electron chi connectivity index (χ3n) is 8.62. The number of rotatable bonds is 8. The van der Waals surface area contributed by atoms with Gasteiger partial charge in [-0.1, -0.05) is 0 Å². The second-order valence-corrected chi connectivity index (χ2v) is 11.0. The van der Waals surface area contributed by atoms with Gasteiger partial charge in [-0.2, -0.15) is 0 Å². The fraction of sp³-hybridized carbons (Fsp3) is 0.448. The summed E-state index contributed by atoms with van der Waals surface area (Å²) in [5.41, 5.74) is 3.37. The van der Waals surface area contributed by atoms with E-state index in [0.717, 1.165) is 93.5 Å². The number of fused-ring (bicyclic) bond motifs is 2. The van der Waals surface area contributed by atoms with Crippen LogP contribution in [0.5, 0.6) is 0 Å². The van der Waals surface area contributed by atoms with Gasteiger partial charge in [0.25, 0.3) is 11.4 Å². The van der Waals surface area contributed by atoms with Crippen molar-refractivity contribution < 1.29 is 9.85 Å². The summed E-state index contributed by atoms with van der Waals surface area (Å²) < 4.78 is 0. The zero-order chi connectivity index (χ0) is 28.3. The number of hydrogen-bond donors (Lipinski definition) is 0. The smallest absolute Gasteiger partial charge is 0.271 e. The molecular formula is C29H32N8O4. The molecule has 2 aromatic carbocycles. The van der Waals surface area contributed by atoms with Crippen LogP contribution in [-0.4, -0.2) is 78.9 Å². The third-order valence-corrected chi connectivity index (χ3v) is 8.62. The third kappa shape index (κ3) is 5.84. The highest BCUT2D eigenvalue weighted by molar-refractivity contribution is 5.84. The maximum Gasteiger partial charge on any atom is 0.271 e. The van der Waals surface area contributed by atoms with Gasteiger partial charge in [0, 0.05) is 46.9 Å². The maximum absolute atomic E-state index is 11.1. The Bertz CT molecular complexity index is 1460. The molecule has 0 atom stereocenters. The molecule has 12 nitrogen and oxygen atoms in total. The number of likely N-dealkylation sites (tertiary alicyclic amines) is 2. The van der Waals surface area contributed by atoms with Gasteiger partial charge in [-0.3, -0.25) is 20.2 Å². The van der Waals surface area contributed by atoms with Crippen molar-refractivity contribution >= 4 is 33.2 Å². The van der Waals surface area contributed by atoms with E-state index in [0.29, 0.717) is 22.9 Å². The lowest BCUT2D eigenvalue weighted by Gasteiger charge is -2.34. The van der Waals surface area contributed by atoms with Crippen molar-refractivity contribution in [3.8, 4) is 0 Å². The summed E-state index contributed by atoms with van der Waals surface area (Å²) in [6.07, 6.45) is 8.24. The van der Waals surface area contributed by atoms with Crippen molar-refractivity contribution in [3.05, 3.63) is 80.7 Å². The SMILES string of the molecule is O=[N+]([O-])c1ccc2c(C3CCN(CCCN4CCC(c5ncnc6cc([N+](=O)[O-])ccc56)CC4)CC3)ncnc2c1. The molecule has 12 heteroatoms. The van der Waals surface area contributed by atoms with Crippen LogP contribution in [0.4, 0.5) is 11.4 Å². The van der Waals surface area contributed by atoms with E-state index >= 15 is 0 Å². The highest BCUT2D eigenvalue weighted by Gasteiger charge is 2.26. The predicted octanol–water partition coefficient (Wildman–Crippen LogP) is 4.84. The number of piperidine rings is 2. The summed E-state index contributed by atoms with van der Waals surface area (Å²) in [4.78, 5) is 44.2. The molecule has 0 amide bonds. The molecule has 0 bridgehead atoms. The summed E-state index contributed by atoms with van der Waals surface area (Å²) in [5, 5.41) is 24.1. The summed E-state index contributed by atoms with van der Waals surface area (Å²) in [7, 11) is 0. The average molecular weight is 557 g/mol. The van der Waals surface area contributed by atoms with Gasteiger partial charge in [0.1, 0.15) is 12.7 Å². The molecule has 0 N–H and O–H groups in total. The van der Waals surface area contributed by atoms with Crippen LogP contribution in [0.1, 0.15) is 55.3 Å². The van der Waals surface area contributed by atoms with Crippen LogP contribution < -0.4 is 0 Å². The predicted molar refractivity (Wildman–Crippen MR) is 154 cm³/mol. The highest BCUT2D eigenvalue weighted by Crippen LogP contribution is 2.34. The van der Waals surface area contributed by atoms with Crippen LogP contribution in [0.25, 0.3) is 21.8 Å². The first kappa shape index (κ1) is 27.0. The fourth-order valence-corrected chi connectivity index (χ4v) is 6.39. The Morgan fingerprint density at radius 1 is 0.659 bits per heavy atom. The Kier molecular flexibility index (Phi) is 7.75. The molecule has 0 aliphatic carbocycles. The number of nitrogens with zero attached hydrogens (tertiary/aromatic N) is 8. The standard InChI is InChI=1S/C29H32N8O4/c38-36(39)22-2-4-24-26(16-22)30-18-32-28(24)20-6-12-34(13-7-20)10-1-11-35-14-8-21(9-15-35)29-25-5-3-23(37(40)41)17-27(25)31-19-33-29/h2-5,16-21H,1,6-15H2. The van der Waals surface area contributed by atoms with Crippen molar-refractivity contribution in [1.82, 2.24) is 29.7 Å². The molecule has 0 spiro atoms. The molecule has 4 aromatic rings. The molecule has 2 aromatic heterocycles. The molecule has 0 unspecified atom stereocenters. The van der Waals surface area contributed by atoms with Crippen molar-refractivity contribution in [1.29, 1.82) is 0 Å². The van der Waals surface area contributed by atoms with Gasteiger partial charge in [-0.05, 0) is 83.5 Å². The lowest BCUT2D eigenvalue weighted by Crippen LogP contribution is -2.38. The van der Waals surface area contributed by atoms with Crippen LogP contribution in [0, 0.1) is 20.2 Å². The zero-order valence-electron chi connectivity index (χ0n) is 22.8.